The molecule has 1 fully saturated rings. The third-order valence-electron chi connectivity index (χ3n) is 6.26. The second-order valence-corrected chi connectivity index (χ2v) is 10.5. The quantitative estimate of drug-likeness (QED) is 0.503. The average Bonchev–Trinajstić information content (AvgIpc) is 3.56. The fraction of sp³-hybridized carbons (Fsp3) is 0.296. The van der Waals surface area contributed by atoms with E-state index in [9.17, 15) is 14.9 Å². The average molecular weight is 549 g/mol. The normalized spacial score (nSPS) is 19.2. The molecule has 0 radical (unpaired) electrons. The first-order valence-corrected chi connectivity index (χ1v) is 13.3. The number of hydrogen-bond donors (Lipinski definition) is 1. The summed E-state index contributed by atoms with van der Waals surface area (Å²) < 4.78 is 10.4. The molecule has 1 aromatic heterocycles. The second-order valence-electron chi connectivity index (χ2n) is 9.22. The number of aliphatic imine (C=N–C) groups is 1. The van der Waals surface area contributed by atoms with Gasteiger partial charge in [-0.15, -0.1) is 0 Å². The number of aromatic nitrogens is 1. The van der Waals surface area contributed by atoms with Gasteiger partial charge in [0.25, 0.3) is 0 Å². The van der Waals surface area contributed by atoms with E-state index in [4.69, 9.17) is 21.3 Å². The summed E-state index contributed by atoms with van der Waals surface area (Å²) in [5.74, 6) is 0.638. The van der Waals surface area contributed by atoms with Gasteiger partial charge in [0.1, 0.15) is 30.2 Å². The number of piperazine rings is 1. The summed E-state index contributed by atoms with van der Waals surface area (Å²) in [5, 5.41) is 12.9. The monoisotopic (exact) mass is 548 g/mol. The molecule has 2 aromatic carbocycles. The van der Waals surface area contributed by atoms with Crippen molar-refractivity contribution in [2.24, 2.45) is 4.99 Å². The molecule has 3 amide bonds. The highest BCUT2D eigenvalue weighted by molar-refractivity contribution is 7.05. The number of benzene rings is 2. The summed E-state index contributed by atoms with van der Waals surface area (Å²) in [6.07, 6.45) is 1.52. The van der Waals surface area contributed by atoms with Crippen LogP contribution < -0.4 is 10.1 Å². The molecule has 194 valence electrons. The number of nitrogens with one attached hydrogen (secondary N) is 1. The largest absolute Gasteiger partial charge is 0.490 e. The molecule has 0 spiro atoms. The van der Waals surface area contributed by atoms with E-state index in [0.29, 0.717) is 40.8 Å². The number of nitrogens with zero attached hydrogens (tertiary/aromatic N) is 5. The first-order chi connectivity index (χ1) is 18.4. The number of ether oxygens (including phenoxy) is 1. The van der Waals surface area contributed by atoms with Crippen LogP contribution in [0.1, 0.15) is 47.5 Å². The standard InChI is InChI=1S/C27H25ClN6O3S/c1-16(2)37-21-13-17(14-29)3-8-20(21)26-32-24(18-4-6-19(28)7-5-18)25(22-9-10-31-38-22)34(26)27(36)33-12-11-30-23(35)15-33/h3-10,13,16,24-25H,11-12,15H2,1-2H3,(H,30,35)/t24-,25+/m0/s1. The number of rotatable bonds is 5. The lowest BCUT2D eigenvalue weighted by molar-refractivity contribution is -0.123. The Hall–Kier alpha value is -3.94. The van der Waals surface area contributed by atoms with Crippen LogP contribution in [0.3, 0.4) is 0 Å². The van der Waals surface area contributed by atoms with Gasteiger partial charge in [0, 0.05) is 24.3 Å². The predicted octanol–water partition coefficient (Wildman–Crippen LogP) is 4.55. The highest BCUT2D eigenvalue weighted by atomic mass is 35.5. The smallest absolute Gasteiger partial charge is 0.326 e. The third kappa shape index (κ3) is 5.08. The van der Waals surface area contributed by atoms with Crippen molar-refractivity contribution in [1.29, 1.82) is 5.26 Å². The topological polar surface area (TPSA) is 111 Å². The molecule has 9 nitrogen and oxygen atoms in total. The van der Waals surface area contributed by atoms with Gasteiger partial charge in [0.2, 0.25) is 5.91 Å². The highest BCUT2D eigenvalue weighted by Gasteiger charge is 2.45. The third-order valence-corrected chi connectivity index (χ3v) is 7.32. The molecule has 3 heterocycles. The van der Waals surface area contributed by atoms with Crippen molar-refractivity contribution in [2.75, 3.05) is 19.6 Å². The van der Waals surface area contributed by atoms with Gasteiger partial charge >= 0.3 is 6.03 Å². The number of carbonyl (C=O) groups is 2. The van der Waals surface area contributed by atoms with Crippen LogP contribution in [0, 0.1) is 11.3 Å². The Morgan fingerprint density at radius 1 is 1.24 bits per heavy atom. The number of amidine groups is 1. The van der Waals surface area contributed by atoms with Crippen molar-refractivity contribution in [3.8, 4) is 11.8 Å². The zero-order valence-corrected chi connectivity index (χ0v) is 22.4. The van der Waals surface area contributed by atoms with Gasteiger partial charge in [-0.25, -0.2) is 9.17 Å². The lowest BCUT2D eigenvalue weighted by Crippen LogP contribution is -2.55. The Labute approximate surface area is 229 Å². The maximum atomic E-state index is 14.2. The van der Waals surface area contributed by atoms with Crippen LogP contribution in [0.4, 0.5) is 4.79 Å². The molecule has 3 aromatic rings. The molecule has 2 aliphatic rings. The minimum atomic E-state index is -0.515. The molecule has 1 saturated heterocycles. The molecule has 0 saturated carbocycles. The molecular formula is C27H25ClN6O3S. The van der Waals surface area contributed by atoms with Gasteiger partial charge in [-0.05, 0) is 67.3 Å². The van der Waals surface area contributed by atoms with Gasteiger partial charge < -0.3 is 15.0 Å². The van der Waals surface area contributed by atoms with Crippen molar-refractivity contribution in [1.82, 2.24) is 19.5 Å². The first-order valence-electron chi connectivity index (χ1n) is 12.2. The van der Waals surface area contributed by atoms with Gasteiger partial charge in [-0.1, -0.05) is 23.7 Å². The molecule has 2 aliphatic heterocycles. The zero-order valence-electron chi connectivity index (χ0n) is 20.8. The van der Waals surface area contributed by atoms with Crippen LogP contribution in [0.25, 0.3) is 0 Å². The van der Waals surface area contributed by atoms with Crippen LogP contribution in [0.2, 0.25) is 5.02 Å². The maximum absolute atomic E-state index is 14.2. The summed E-state index contributed by atoms with van der Waals surface area (Å²) >= 11 is 7.47. The summed E-state index contributed by atoms with van der Waals surface area (Å²) in [7, 11) is 0. The van der Waals surface area contributed by atoms with Crippen molar-refractivity contribution >= 4 is 40.9 Å². The molecule has 11 heteroatoms. The molecule has 0 bridgehead atoms. The van der Waals surface area contributed by atoms with E-state index >= 15 is 0 Å². The summed E-state index contributed by atoms with van der Waals surface area (Å²) in [4.78, 5) is 35.5. The number of carbonyl (C=O) groups excluding carboxylic acids is 2. The lowest BCUT2D eigenvalue weighted by Gasteiger charge is -2.35. The van der Waals surface area contributed by atoms with E-state index < -0.39 is 12.1 Å². The Bertz CT molecular complexity index is 1420. The van der Waals surface area contributed by atoms with Gasteiger partial charge in [-0.2, -0.15) is 5.26 Å². The summed E-state index contributed by atoms with van der Waals surface area (Å²) in [6.45, 7) is 4.48. The van der Waals surface area contributed by atoms with Crippen molar-refractivity contribution in [2.45, 2.75) is 32.0 Å². The summed E-state index contributed by atoms with van der Waals surface area (Å²) in [6, 6.07) is 15.2. The highest BCUT2D eigenvalue weighted by Crippen LogP contribution is 2.46. The van der Waals surface area contributed by atoms with Crippen LogP contribution >= 0.6 is 23.1 Å². The SMILES string of the molecule is CC(C)Oc1cc(C#N)ccc1C1=N[C@@H](c2ccc(Cl)cc2)[C@@H](c2ccns2)N1C(=O)N1CCNC(=O)C1. The van der Waals surface area contributed by atoms with Crippen molar-refractivity contribution < 1.29 is 14.3 Å². The molecule has 0 aliphatic carbocycles. The number of nitriles is 1. The molecule has 0 unspecified atom stereocenters. The minimum Gasteiger partial charge on any atom is -0.490 e. The first kappa shape index (κ1) is 25.7. The van der Waals surface area contributed by atoms with Gasteiger partial charge in [0.05, 0.1) is 28.2 Å². The Kier molecular flexibility index (Phi) is 7.31. The van der Waals surface area contributed by atoms with Crippen molar-refractivity contribution in [3.63, 3.8) is 0 Å². The van der Waals surface area contributed by atoms with Crippen molar-refractivity contribution in [3.05, 3.63) is 81.3 Å². The van der Waals surface area contributed by atoms with Crippen LogP contribution in [0.5, 0.6) is 5.75 Å². The Balaban J connectivity index is 1.69. The van der Waals surface area contributed by atoms with E-state index in [-0.39, 0.29) is 24.6 Å². The zero-order chi connectivity index (χ0) is 26.8. The fourth-order valence-electron chi connectivity index (χ4n) is 4.61. The van der Waals surface area contributed by atoms with Crippen LogP contribution in [-0.4, -0.2) is 57.7 Å². The van der Waals surface area contributed by atoms with E-state index in [0.717, 1.165) is 10.4 Å². The predicted molar refractivity (Wildman–Crippen MR) is 144 cm³/mol. The number of amides is 3. The number of halogens is 1. The molecule has 1 N–H and O–H groups in total. The van der Waals surface area contributed by atoms with Crippen LogP contribution in [0.15, 0.2) is 59.7 Å². The number of hydrogen-bond acceptors (Lipinski definition) is 7. The number of urea groups is 1. The minimum absolute atomic E-state index is 0.0492. The van der Waals surface area contributed by atoms with E-state index in [1.54, 1.807) is 41.4 Å². The maximum Gasteiger partial charge on any atom is 0.326 e. The van der Waals surface area contributed by atoms with Gasteiger partial charge in [-0.3, -0.25) is 14.7 Å². The van der Waals surface area contributed by atoms with Gasteiger partial charge in [0.15, 0.2) is 0 Å². The molecular weight excluding hydrogens is 524 g/mol. The second kappa shape index (κ2) is 10.8. The van der Waals surface area contributed by atoms with Crippen LogP contribution in [-0.2, 0) is 4.79 Å². The van der Waals surface area contributed by atoms with E-state index in [1.807, 2.05) is 32.0 Å². The molecule has 5 rings (SSSR count). The fourth-order valence-corrected chi connectivity index (χ4v) is 5.44. The summed E-state index contributed by atoms with van der Waals surface area (Å²) in [5.41, 5.74) is 1.89. The Morgan fingerprint density at radius 2 is 2.03 bits per heavy atom. The Morgan fingerprint density at radius 3 is 2.68 bits per heavy atom. The lowest BCUT2D eigenvalue weighted by atomic mass is 9.98. The van der Waals surface area contributed by atoms with E-state index in [1.165, 1.54) is 16.4 Å². The van der Waals surface area contributed by atoms with E-state index in [2.05, 4.69) is 15.8 Å². The molecule has 2 atom stereocenters. The molecule has 38 heavy (non-hydrogen) atoms.